The fourth-order valence-corrected chi connectivity index (χ4v) is 2.33. The highest BCUT2D eigenvalue weighted by molar-refractivity contribution is 5.85. The molecule has 0 atom stereocenters. The van der Waals surface area contributed by atoms with Crippen LogP contribution in [0.1, 0.15) is 17.5 Å². The minimum atomic E-state index is 0. The summed E-state index contributed by atoms with van der Waals surface area (Å²) in [7, 11) is 1.80. The molecule has 0 aliphatic heterocycles. The molecule has 2 aromatic rings. The van der Waals surface area contributed by atoms with Crippen LogP contribution in [0.3, 0.4) is 0 Å². The number of nitrogens with zero attached hydrogens (tertiary/aromatic N) is 1. The van der Waals surface area contributed by atoms with E-state index in [2.05, 4.69) is 0 Å². The lowest BCUT2D eigenvalue weighted by molar-refractivity contribution is -0.130. The number of hydrogen-bond donors (Lipinski definition) is 1. The molecule has 0 aliphatic rings. The first-order valence-corrected chi connectivity index (χ1v) is 7.83. The highest BCUT2D eigenvalue weighted by atomic mass is 35.5. The Bertz CT molecular complexity index is 661. The zero-order chi connectivity index (χ0) is 16.7. The summed E-state index contributed by atoms with van der Waals surface area (Å²) >= 11 is 0. The van der Waals surface area contributed by atoms with Crippen LogP contribution < -0.4 is 10.5 Å². The molecule has 130 valence electrons. The largest absolute Gasteiger partial charge is 0.491 e. The number of hydrogen-bond acceptors (Lipinski definition) is 3. The van der Waals surface area contributed by atoms with Crippen LogP contribution in [0.5, 0.6) is 5.75 Å². The molecule has 24 heavy (non-hydrogen) atoms. The third-order valence-corrected chi connectivity index (χ3v) is 3.87. The lowest BCUT2D eigenvalue weighted by atomic mass is 10.1. The summed E-state index contributed by atoms with van der Waals surface area (Å²) in [5, 5.41) is 0. The van der Waals surface area contributed by atoms with Crippen molar-refractivity contribution in [3.05, 3.63) is 59.7 Å². The molecular formula is C19H25ClN2O2. The molecule has 5 heteroatoms. The SMILES string of the molecule is Cc1ccccc1OCCN(C)C(=O)CCc1ccccc1N.Cl. The molecule has 0 bridgehead atoms. The Balaban J connectivity index is 0.00000288. The Kier molecular flexibility index (Phi) is 8.13. The number of anilines is 1. The van der Waals surface area contributed by atoms with Crippen molar-refractivity contribution in [1.29, 1.82) is 0 Å². The molecule has 4 nitrogen and oxygen atoms in total. The molecule has 0 unspecified atom stereocenters. The monoisotopic (exact) mass is 348 g/mol. The normalized spacial score (nSPS) is 9.92. The fraction of sp³-hybridized carbons (Fsp3) is 0.316. The van der Waals surface area contributed by atoms with Crippen LogP contribution in [0, 0.1) is 6.92 Å². The second kappa shape index (κ2) is 9.83. The molecule has 0 aromatic heterocycles. The Morgan fingerprint density at radius 2 is 1.79 bits per heavy atom. The number of likely N-dealkylation sites (N-methyl/N-ethyl adjacent to an activating group) is 1. The summed E-state index contributed by atoms with van der Waals surface area (Å²) in [6.45, 7) is 3.06. The van der Waals surface area contributed by atoms with Gasteiger partial charge in [0, 0.05) is 19.2 Å². The van der Waals surface area contributed by atoms with Crippen LogP contribution in [-0.4, -0.2) is 31.0 Å². The van der Waals surface area contributed by atoms with Crippen molar-refractivity contribution in [3.63, 3.8) is 0 Å². The molecule has 0 heterocycles. The van der Waals surface area contributed by atoms with Crippen LogP contribution >= 0.6 is 12.4 Å². The molecule has 0 spiro atoms. The maximum atomic E-state index is 12.2. The Hall–Kier alpha value is -2.20. The molecule has 2 rings (SSSR count). The molecule has 0 aliphatic carbocycles. The molecule has 0 saturated carbocycles. The van der Waals surface area contributed by atoms with Crippen molar-refractivity contribution in [1.82, 2.24) is 4.90 Å². The summed E-state index contributed by atoms with van der Waals surface area (Å²) in [4.78, 5) is 13.9. The minimum absolute atomic E-state index is 0. The van der Waals surface area contributed by atoms with Crippen LogP contribution in [0.25, 0.3) is 0 Å². The van der Waals surface area contributed by atoms with Gasteiger partial charge in [0.15, 0.2) is 0 Å². The van der Waals surface area contributed by atoms with Gasteiger partial charge >= 0.3 is 0 Å². The van der Waals surface area contributed by atoms with Crippen LogP contribution in [0.4, 0.5) is 5.69 Å². The molecule has 0 radical (unpaired) electrons. The molecule has 2 N–H and O–H groups in total. The van der Waals surface area contributed by atoms with Gasteiger partial charge in [0.05, 0.1) is 6.54 Å². The zero-order valence-electron chi connectivity index (χ0n) is 14.2. The quantitative estimate of drug-likeness (QED) is 0.779. The third-order valence-electron chi connectivity index (χ3n) is 3.87. The Morgan fingerprint density at radius 1 is 1.12 bits per heavy atom. The van der Waals surface area contributed by atoms with E-state index in [1.54, 1.807) is 11.9 Å². The van der Waals surface area contributed by atoms with Crippen molar-refractivity contribution in [3.8, 4) is 5.75 Å². The number of carbonyl (C=O) groups is 1. The second-order valence-corrected chi connectivity index (χ2v) is 5.63. The first-order valence-electron chi connectivity index (χ1n) is 7.83. The van der Waals surface area contributed by atoms with Gasteiger partial charge in [-0.2, -0.15) is 0 Å². The molecule has 0 fully saturated rings. The van der Waals surface area contributed by atoms with E-state index in [1.165, 1.54) is 0 Å². The number of carbonyl (C=O) groups excluding carboxylic acids is 1. The van der Waals surface area contributed by atoms with Gasteiger partial charge in [-0.25, -0.2) is 0 Å². The van der Waals surface area contributed by atoms with Crippen molar-refractivity contribution in [2.75, 3.05) is 25.9 Å². The number of nitrogen functional groups attached to an aromatic ring is 1. The van der Waals surface area contributed by atoms with E-state index in [1.807, 2.05) is 55.5 Å². The zero-order valence-corrected chi connectivity index (χ0v) is 15.0. The smallest absolute Gasteiger partial charge is 0.222 e. The van der Waals surface area contributed by atoms with E-state index < -0.39 is 0 Å². The number of aryl methyl sites for hydroxylation is 2. The van der Waals surface area contributed by atoms with Crippen molar-refractivity contribution < 1.29 is 9.53 Å². The fourth-order valence-electron chi connectivity index (χ4n) is 2.33. The van der Waals surface area contributed by atoms with Crippen LogP contribution in [-0.2, 0) is 11.2 Å². The average molecular weight is 349 g/mol. The van der Waals surface area contributed by atoms with E-state index in [0.29, 0.717) is 26.0 Å². The van der Waals surface area contributed by atoms with Crippen molar-refractivity contribution in [2.24, 2.45) is 0 Å². The summed E-state index contributed by atoms with van der Waals surface area (Å²) in [6, 6.07) is 15.5. The van der Waals surface area contributed by atoms with Gasteiger partial charge in [-0.15, -0.1) is 12.4 Å². The molecular weight excluding hydrogens is 324 g/mol. The van der Waals surface area contributed by atoms with Gasteiger partial charge in [-0.1, -0.05) is 36.4 Å². The maximum Gasteiger partial charge on any atom is 0.222 e. The number of ether oxygens (including phenoxy) is 1. The van der Waals surface area contributed by atoms with Gasteiger partial charge in [-0.05, 0) is 36.6 Å². The highest BCUT2D eigenvalue weighted by Gasteiger charge is 2.10. The topological polar surface area (TPSA) is 55.6 Å². The lowest BCUT2D eigenvalue weighted by Gasteiger charge is -2.18. The van der Waals surface area contributed by atoms with Crippen molar-refractivity contribution in [2.45, 2.75) is 19.8 Å². The summed E-state index contributed by atoms with van der Waals surface area (Å²) in [5.41, 5.74) is 8.76. The summed E-state index contributed by atoms with van der Waals surface area (Å²) in [6.07, 6.45) is 1.11. The number of benzene rings is 2. The predicted molar refractivity (Wildman–Crippen MR) is 101 cm³/mol. The second-order valence-electron chi connectivity index (χ2n) is 5.63. The highest BCUT2D eigenvalue weighted by Crippen LogP contribution is 2.16. The van der Waals surface area contributed by atoms with E-state index in [9.17, 15) is 4.79 Å². The predicted octanol–water partition coefficient (Wildman–Crippen LogP) is 3.47. The number of amides is 1. The van der Waals surface area contributed by atoms with Crippen LogP contribution in [0.2, 0.25) is 0 Å². The molecule has 1 amide bonds. The average Bonchev–Trinajstić information content (AvgIpc) is 2.55. The maximum absolute atomic E-state index is 12.2. The number of halogens is 1. The van der Waals surface area contributed by atoms with Gasteiger partial charge in [0.25, 0.3) is 0 Å². The van der Waals surface area contributed by atoms with Crippen LogP contribution in [0.15, 0.2) is 48.5 Å². The first-order chi connectivity index (χ1) is 11.1. The molecule has 0 saturated heterocycles. The Morgan fingerprint density at radius 3 is 2.50 bits per heavy atom. The molecule has 2 aromatic carbocycles. The van der Waals surface area contributed by atoms with E-state index in [4.69, 9.17) is 10.5 Å². The van der Waals surface area contributed by atoms with Gasteiger partial charge < -0.3 is 15.4 Å². The van der Waals surface area contributed by atoms with Gasteiger partial charge in [0.2, 0.25) is 5.91 Å². The third kappa shape index (κ3) is 5.78. The lowest BCUT2D eigenvalue weighted by Crippen LogP contribution is -2.31. The number of nitrogens with two attached hydrogens (primary N) is 1. The van der Waals surface area contributed by atoms with E-state index in [0.717, 1.165) is 22.6 Å². The summed E-state index contributed by atoms with van der Waals surface area (Å²) in [5.74, 6) is 0.965. The number of rotatable bonds is 7. The van der Waals surface area contributed by atoms with Gasteiger partial charge in [-0.3, -0.25) is 4.79 Å². The Labute approximate surface area is 150 Å². The van der Waals surface area contributed by atoms with Crippen molar-refractivity contribution >= 4 is 24.0 Å². The van der Waals surface area contributed by atoms with E-state index >= 15 is 0 Å². The van der Waals surface area contributed by atoms with Gasteiger partial charge in [0.1, 0.15) is 12.4 Å². The first kappa shape index (κ1) is 19.8. The van der Waals surface area contributed by atoms with E-state index in [-0.39, 0.29) is 18.3 Å². The minimum Gasteiger partial charge on any atom is -0.491 e. The number of para-hydroxylation sites is 2. The summed E-state index contributed by atoms with van der Waals surface area (Å²) < 4.78 is 5.73. The standard InChI is InChI=1S/C19H24N2O2.ClH/c1-15-7-3-6-10-18(15)23-14-13-21(2)19(22)12-11-16-8-4-5-9-17(16)20;/h3-10H,11-14,20H2,1-2H3;1H.